The first-order valence-electron chi connectivity index (χ1n) is 4.64. The quantitative estimate of drug-likeness (QED) is 0.875. The maximum Gasteiger partial charge on any atom is 0.443 e. The molecule has 0 spiro atoms. The number of aromatic nitrogens is 1. The number of nitrogens with one attached hydrogen (secondary N) is 1. The van der Waals surface area contributed by atoms with Crippen LogP contribution in [0.2, 0.25) is 0 Å². The van der Waals surface area contributed by atoms with Crippen LogP contribution in [0.5, 0.6) is 0 Å². The third-order valence-electron chi connectivity index (χ3n) is 1.98. The van der Waals surface area contributed by atoms with Crippen molar-refractivity contribution in [2.75, 3.05) is 6.54 Å². The van der Waals surface area contributed by atoms with Crippen LogP contribution in [0, 0.1) is 6.92 Å². The fraction of sp³-hybridized carbons (Fsp3) is 0.667. The summed E-state index contributed by atoms with van der Waals surface area (Å²) < 4.78 is 37.1. The average molecular weight is 238 g/mol. The molecule has 1 aromatic heterocycles. The van der Waals surface area contributed by atoms with E-state index < -0.39 is 11.2 Å². The molecule has 1 unspecified atom stereocenters. The summed E-state index contributed by atoms with van der Waals surface area (Å²) in [5.41, 5.74) is 0.459. The van der Waals surface area contributed by atoms with Gasteiger partial charge in [-0.3, -0.25) is 0 Å². The van der Waals surface area contributed by atoms with Crippen molar-refractivity contribution in [3.05, 3.63) is 15.6 Å². The molecule has 1 atom stereocenters. The van der Waals surface area contributed by atoms with Crippen molar-refractivity contribution in [1.29, 1.82) is 0 Å². The summed E-state index contributed by atoms with van der Waals surface area (Å²) in [6.45, 7) is 6.08. The molecule has 1 heterocycles. The van der Waals surface area contributed by atoms with Crippen LogP contribution < -0.4 is 5.32 Å². The smallest absolute Gasteiger partial charge is 0.310 e. The second kappa shape index (κ2) is 4.49. The van der Waals surface area contributed by atoms with E-state index in [2.05, 4.69) is 10.3 Å². The van der Waals surface area contributed by atoms with Gasteiger partial charge in [-0.1, -0.05) is 6.92 Å². The molecule has 0 aliphatic heterocycles. The Balaban J connectivity index is 2.96. The second-order valence-corrected chi connectivity index (χ2v) is 4.28. The predicted molar refractivity (Wildman–Crippen MR) is 53.9 cm³/mol. The SMILES string of the molecule is CCNC(C)c1sc(C(F)(F)F)nc1C. The molecule has 2 nitrogen and oxygen atoms in total. The number of alkyl halides is 3. The summed E-state index contributed by atoms with van der Waals surface area (Å²) in [6, 6.07) is -0.0800. The number of nitrogens with zero attached hydrogens (tertiary/aromatic N) is 1. The highest BCUT2D eigenvalue weighted by molar-refractivity contribution is 7.11. The molecule has 0 aliphatic carbocycles. The van der Waals surface area contributed by atoms with Crippen molar-refractivity contribution in [3.8, 4) is 0 Å². The van der Waals surface area contributed by atoms with Gasteiger partial charge in [0.1, 0.15) is 0 Å². The highest BCUT2D eigenvalue weighted by Crippen LogP contribution is 2.36. The zero-order valence-electron chi connectivity index (χ0n) is 8.77. The molecular weight excluding hydrogens is 225 g/mol. The van der Waals surface area contributed by atoms with Gasteiger partial charge in [0.05, 0.1) is 5.69 Å². The third kappa shape index (κ3) is 2.92. The first-order valence-corrected chi connectivity index (χ1v) is 5.45. The van der Waals surface area contributed by atoms with Gasteiger partial charge in [0.25, 0.3) is 0 Å². The lowest BCUT2D eigenvalue weighted by molar-refractivity contribution is -0.137. The van der Waals surface area contributed by atoms with Gasteiger partial charge in [0.2, 0.25) is 0 Å². The predicted octanol–water partition coefficient (Wildman–Crippen LogP) is 3.14. The Kier molecular flexibility index (Phi) is 3.72. The molecule has 0 radical (unpaired) electrons. The van der Waals surface area contributed by atoms with Crippen LogP contribution in [0.25, 0.3) is 0 Å². The Bertz CT molecular complexity index is 333. The van der Waals surface area contributed by atoms with Gasteiger partial charge in [-0.2, -0.15) is 13.2 Å². The zero-order valence-corrected chi connectivity index (χ0v) is 9.59. The molecule has 1 rings (SSSR count). The molecule has 0 bridgehead atoms. The van der Waals surface area contributed by atoms with Crippen LogP contribution in [0.15, 0.2) is 0 Å². The number of rotatable bonds is 3. The Morgan fingerprint density at radius 1 is 1.47 bits per heavy atom. The number of hydrogen-bond acceptors (Lipinski definition) is 3. The molecule has 6 heteroatoms. The number of halogens is 3. The summed E-state index contributed by atoms with van der Waals surface area (Å²) in [6.07, 6.45) is -4.33. The molecule has 0 amide bonds. The van der Waals surface area contributed by atoms with Gasteiger partial charge < -0.3 is 5.32 Å². The third-order valence-corrected chi connectivity index (χ3v) is 3.36. The van der Waals surface area contributed by atoms with Gasteiger partial charge in [0.15, 0.2) is 5.01 Å². The lowest BCUT2D eigenvalue weighted by Crippen LogP contribution is -2.17. The Labute approximate surface area is 90.5 Å². The largest absolute Gasteiger partial charge is 0.443 e. The molecule has 0 aliphatic rings. The molecule has 0 saturated carbocycles. The maximum atomic E-state index is 12.4. The molecule has 86 valence electrons. The number of hydrogen-bond donors (Lipinski definition) is 1. The molecule has 1 N–H and O–H groups in total. The Morgan fingerprint density at radius 3 is 2.47 bits per heavy atom. The van der Waals surface area contributed by atoms with Crippen molar-refractivity contribution in [3.63, 3.8) is 0 Å². The van der Waals surface area contributed by atoms with Gasteiger partial charge in [-0.15, -0.1) is 11.3 Å². The Hall–Kier alpha value is -0.620. The number of aryl methyl sites for hydroxylation is 1. The molecule has 0 aromatic carbocycles. The summed E-state index contributed by atoms with van der Waals surface area (Å²) in [5, 5.41) is 2.31. The van der Waals surface area contributed by atoms with E-state index in [1.165, 1.54) is 0 Å². The molecule has 0 saturated heterocycles. The minimum Gasteiger partial charge on any atom is -0.310 e. The highest BCUT2D eigenvalue weighted by Gasteiger charge is 2.35. The van der Waals surface area contributed by atoms with E-state index in [1.807, 2.05) is 13.8 Å². The lowest BCUT2D eigenvalue weighted by Gasteiger charge is -2.09. The normalized spacial score (nSPS) is 14.3. The molecular formula is C9H13F3N2S. The van der Waals surface area contributed by atoms with E-state index in [0.29, 0.717) is 21.9 Å². The van der Waals surface area contributed by atoms with Crippen molar-refractivity contribution in [2.24, 2.45) is 0 Å². The monoisotopic (exact) mass is 238 g/mol. The highest BCUT2D eigenvalue weighted by atomic mass is 32.1. The van der Waals surface area contributed by atoms with Crippen LogP contribution in [0.3, 0.4) is 0 Å². The van der Waals surface area contributed by atoms with Crippen molar-refractivity contribution in [2.45, 2.75) is 33.0 Å². The molecule has 15 heavy (non-hydrogen) atoms. The average Bonchev–Trinajstić information content (AvgIpc) is 2.47. The van der Waals surface area contributed by atoms with Crippen molar-refractivity contribution >= 4 is 11.3 Å². The zero-order chi connectivity index (χ0) is 11.6. The maximum absolute atomic E-state index is 12.4. The lowest BCUT2D eigenvalue weighted by atomic mass is 10.2. The Morgan fingerprint density at radius 2 is 2.07 bits per heavy atom. The molecule has 1 aromatic rings. The van der Waals surface area contributed by atoms with Crippen molar-refractivity contribution in [1.82, 2.24) is 10.3 Å². The van der Waals surface area contributed by atoms with Gasteiger partial charge in [0, 0.05) is 10.9 Å². The summed E-state index contributed by atoms with van der Waals surface area (Å²) >= 11 is 0.716. The van der Waals surface area contributed by atoms with Crippen LogP contribution in [-0.4, -0.2) is 11.5 Å². The first-order chi connectivity index (χ1) is 6.86. The van der Waals surface area contributed by atoms with E-state index in [1.54, 1.807) is 6.92 Å². The fourth-order valence-corrected chi connectivity index (χ4v) is 2.29. The van der Waals surface area contributed by atoms with E-state index >= 15 is 0 Å². The minimum atomic E-state index is -4.33. The summed E-state index contributed by atoms with van der Waals surface area (Å²) in [7, 11) is 0. The van der Waals surface area contributed by atoms with Crippen LogP contribution in [0.4, 0.5) is 13.2 Å². The van der Waals surface area contributed by atoms with E-state index in [-0.39, 0.29) is 6.04 Å². The topological polar surface area (TPSA) is 24.9 Å². The molecule has 0 fully saturated rings. The minimum absolute atomic E-state index is 0.0800. The second-order valence-electron chi connectivity index (χ2n) is 3.25. The van der Waals surface area contributed by atoms with Gasteiger partial charge >= 0.3 is 6.18 Å². The van der Waals surface area contributed by atoms with Crippen molar-refractivity contribution < 1.29 is 13.2 Å². The van der Waals surface area contributed by atoms with Gasteiger partial charge in [-0.25, -0.2) is 4.98 Å². The van der Waals surface area contributed by atoms with Gasteiger partial charge in [-0.05, 0) is 20.4 Å². The van der Waals surface area contributed by atoms with Crippen LogP contribution in [-0.2, 0) is 6.18 Å². The van der Waals surface area contributed by atoms with E-state index in [9.17, 15) is 13.2 Å². The van der Waals surface area contributed by atoms with E-state index in [0.717, 1.165) is 6.54 Å². The van der Waals surface area contributed by atoms with Crippen LogP contribution in [0.1, 0.15) is 35.5 Å². The summed E-state index contributed by atoms with van der Waals surface area (Å²) in [5.74, 6) is 0. The summed E-state index contributed by atoms with van der Waals surface area (Å²) in [4.78, 5) is 4.20. The standard InChI is InChI=1S/C9H13F3N2S/c1-4-13-5(2)7-6(3)14-8(15-7)9(10,11)12/h5,13H,4H2,1-3H3. The van der Waals surface area contributed by atoms with Crippen LogP contribution >= 0.6 is 11.3 Å². The fourth-order valence-electron chi connectivity index (χ4n) is 1.33. The van der Waals surface area contributed by atoms with E-state index in [4.69, 9.17) is 0 Å². The first kappa shape index (κ1) is 12.4. The number of thiazole rings is 1.